The summed E-state index contributed by atoms with van der Waals surface area (Å²) >= 11 is 0. The van der Waals surface area contributed by atoms with Crippen LogP contribution in [0.5, 0.6) is 0 Å². The summed E-state index contributed by atoms with van der Waals surface area (Å²) in [6.07, 6.45) is -3.72. The van der Waals surface area contributed by atoms with E-state index in [0.717, 1.165) is 12.3 Å². The summed E-state index contributed by atoms with van der Waals surface area (Å²) in [6, 6.07) is 0.798. The first-order valence-electron chi connectivity index (χ1n) is 10.0. The van der Waals surface area contributed by atoms with Crippen molar-refractivity contribution in [3.8, 4) is 11.4 Å². The Labute approximate surface area is 177 Å². The monoisotopic (exact) mass is 439 g/mol. The van der Waals surface area contributed by atoms with Crippen LogP contribution in [0.3, 0.4) is 0 Å². The Morgan fingerprint density at radius 2 is 1.61 bits per heavy atom. The van der Waals surface area contributed by atoms with Crippen LogP contribution in [0.25, 0.3) is 11.4 Å². The minimum absolute atomic E-state index is 0.0697. The molecule has 9 nitrogen and oxygen atoms in total. The van der Waals surface area contributed by atoms with Gasteiger partial charge in [0.15, 0.2) is 5.82 Å². The second kappa shape index (κ2) is 8.42. The van der Waals surface area contributed by atoms with Crippen LogP contribution in [0.2, 0.25) is 0 Å². The van der Waals surface area contributed by atoms with Crippen molar-refractivity contribution in [3.05, 3.63) is 17.8 Å². The van der Waals surface area contributed by atoms with Gasteiger partial charge in [-0.3, -0.25) is 0 Å². The number of aromatic nitrogens is 4. The molecule has 2 fully saturated rings. The van der Waals surface area contributed by atoms with Gasteiger partial charge in [-0.15, -0.1) is 0 Å². The van der Waals surface area contributed by atoms with Crippen LogP contribution in [0.4, 0.5) is 30.9 Å². The lowest BCUT2D eigenvalue weighted by Crippen LogP contribution is -2.46. The Bertz CT molecular complexity index is 927. The van der Waals surface area contributed by atoms with Crippen molar-refractivity contribution in [2.45, 2.75) is 32.2 Å². The second-order valence-electron chi connectivity index (χ2n) is 7.67. The normalized spacial score (nSPS) is 22.6. The van der Waals surface area contributed by atoms with Gasteiger partial charge in [-0.25, -0.2) is 4.98 Å². The molecule has 2 unspecified atom stereocenters. The first-order valence-corrected chi connectivity index (χ1v) is 10.0. The highest BCUT2D eigenvalue weighted by molar-refractivity contribution is 5.64. The van der Waals surface area contributed by atoms with Crippen molar-refractivity contribution >= 4 is 17.7 Å². The molecule has 2 aromatic heterocycles. The summed E-state index contributed by atoms with van der Waals surface area (Å²) in [6.45, 7) is 6.93. The molecule has 168 valence electrons. The van der Waals surface area contributed by atoms with Crippen LogP contribution >= 0.6 is 0 Å². The molecule has 0 radical (unpaired) electrons. The van der Waals surface area contributed by atoms with Crippen LogP contribution in [0.1, 0.15) is 19.4 Å². The van der Waals surface area contributed by atoms with Gasteiger partial charge in [0.1, 0.15) is 5.82 Å². The molecule has 0 bridgehead atoms. The van der Waals surface area contributed by atoms with Crippen LogP contribution in [-0.2, 0) is 15.7 Å². The third-order valence-corrected chi connectivity index (χ3v) is 5.08. The highest BCUT2D eigenvalue weighted by Crippen LogP contribution is 2.37. The fourth-order valence-electron chi connectivity index (χ4n) is 3.75. The number of hydrogen-bond donors (Lipinski definition) is 1. The van der Waals surface area contributed by atoms with Gasteiger partial charge in [0.25, 0.3) is 0 Å². The summed E-state index contributed by atoms with van der Waals surface area (Å²) in [5.74, 6) is 0.284. The molecule has 0 amide bonds. The first kappa shape index (κ1) is 21.5. The Morgan fingerprint density at radius 3 is 2.23 bits per heavy atom. The van der Waals surface area contributed by atoms with Crippen molar-refractivity contribution in [3.63, 3.8) is 0 Å². The number of halogens is 3. The van der Waals surface area contributed by atoms with Gasteiger partial charge < -0.3 is 25.0 Å². The molecule has 2 aliphatic rings. The predicted molar refractivity (Wildman–Crippen MR) is 108 cm³/mol. The lowest BCUT2D eigenvalue weighted by Gasteiger charge is -2.36. The van der Waals surface area contributed by atoms with Gasteiger partial charge in [-0.2, -0.15) is 28.1 Å². The number of ether oxygens (including phenoxy) is 2. The third-order valence-electron chi connectivity index (χ3n) is 5.08. The van der Waals surface area contributed by atoms with Crippen LogP contribution in [-0.4, -0.2) is 71.5 Å². The fraction of sp³-hybridized carbons (Fsp3) is 0.579. The highest BCUT2D eigenvalue weighted by atomic mass is 19.4. The van der Waals surface area contributed by atoms with Gasteiger partial charge in [0, 0.05) is 32.4 Å². The Kier molecular flexibility index (Phi) is 5.84. The number of hydrogen-bond acceptors (Lipinski definition) is 9. The zero-order valence-corrected chi connectivity index (χ0v) is 17.3. The molecule has 4 heterocycles. The van der Waals surface area contributed by atoms with Crippen LogP contribution in [0, 0.1) is 0 Å². The molecule has 2 saturated heterocycles. The van der Waals surface area contributed by atoms with Crippen molar-refractivity contribution in [2.24, 2.45) is 0 Å². The largest absolute Gasteiger partial charge is 0.417 e. The average molecular weight is 439 g/mol. The summed E-state index contributed by atoms with van der Waals surface area (Å²) in [7, 11) is 0. The Morgan fingerprint density at radius 1 is 1.00 bits per heavy atom. The quantitative estimate of drug-likeness (QED) is 0.769. The van der Waals surface area contributed by atoms with E-state index < -0.39 is 11.7 Å². The number of nitrogens with two attached hydrogens (primary N) is 1. The van der Waals surface area contributed by atoms with E-state index in [1.54, 1.807) is 0 Å². The number of nitrogens with zero attached hydrogens (tertiary/aromatic N) is 6. The molecular weight excluding hydrogens is 415 g/mol. The van der Waals surface area contributed by atoms with Crippen molar-refractivity contribution in [1.29, 1.82) is 0 Å². The van der Waals surface area contributed by atoms with Gasteiger partial charge in [-0.05, 0) is 19.9 Å². The SMILES string of the molecule is CC1CN(c2nc(-c3cnc(N)cc3C(F)(F)F)nc(N3CCOCC3)n2)CC(C)O1. The number of anilines is 3. The highest BCUT2D eigenvalue weighted by Gasteiger charge is 2.36. The molecule has 2 atom stereocenters. The van der Waals surface area contributed by atoms with Gasteiger partial charge in [-0.1, -0.05) is 0 Å². The lowest BCUT2D eigenvalue weighted by molar-refractivity contribution is -0.137. The molecule has 31 heavy (non-hydrogen) atoms. The number of morpholine rings is 2. The Hall–Kier alpha value is -2.73. The minimum atomic E-state index is -4.64. The molecule has 0 aliphatic carbocycles. The maximum atomic E-state index is 13.7. The summed E-state index contributed by atoms with van der Waals surface area (Å²) in [5, 5.41) is 0. The molecule has 2 aliphatic heterocycles. The number of alkyl halides is 3. The van der Waals surface area contributed by atoms with Crippen molar-refractivity contribution in [1.82, 2.24) is 19.9 Å². The zero-order valence-electron chi connectivity index (χ0n) is 17.3. The van der Waals surface area contributed by atoms with Crippen LogP contribution < -0.4 is 15.5 Å². The topological polar surface area (TPSA) is 103 Å². The Balaban J connectivity index is 1.82. The van der Waals surface area contributed by atoms with E-state index in [1.807, 2.05) is 23.6 Å². The summed E-state index contributed by atoms with van der Waals surface area (Å²) in [4.78, 5) is 21.0. The zero-order chi connectivity index (χ0) is 22.2. The van der Waals surface area contributed by atoms with Gasteiger partial charge >= 0.3 is 6.18 Å². The van der Waals surface area contributed by atoms with Crippen molar-refractivity contribution < 1.29 is 22.6 Å². The number of nitrogen functional groups attached to an aromatic ring is 1. The first-order chi connectivity index (χ1) is 14.7. The number of pyridine rings is 1. The van der Waals surface area contributed by atoms with E-state index in [2.05, 4.69) is 19.9 Å². The lowest BCUT2D eigenvalue weighted by atomic mass is 10.1. The second-order valence-corrected chi connectivity index (χ2v) is 7.67. The van der Waals surface area contributed by atoms with Gasteiger partial charge in [0.05, 0.1) is 36.5 Å². The maximum absolute atomic E-state index is 13.7. The number of rotatable bonds is 3. The molecule has 0 saturated carbocycles. The van der Waals surface area contributed by atoms with Crippen molar-refractivity contribution in [2.75, 3.05) is 54.9 Å². The van der Waals surface area contributed by atoms with Gasteiger partial charge in [0.2, 0.25) is 11.9 Å². The van der Waals surface area contributed by atoms with E-state index in [4.69, 9.17) is 15.2 Å². The molecular formula is C19H24F3N7O2. The summed E-state index contributed by atoms with van der Waals surface area (Å²) < 4.78 is 52.3. The molecule has 2 N–H and O–H groups in total. The fourth-order valence-corrected chi connectivity index (χ4v) is 3.75. The van der Waals surface area contributed by atoms with E-state index in [-0.39, 0.29) is 29.4 Å². The van der Waals surface area contributed by atoms with E-state index >= 15 is 0 Å². The molecule has 2 aromatic rings. The van der Waals surface area contributed by atoms with E-state index in [1.165, 1.54) is 0 Å². The summed E-state index contributed by atoms with van der Waals surface area (Å²) in [5.41, 5.74) is 4.34. The maximum Gasteiger partial charge on any atom is 0.417 e. The van der Waals surface area contributed by atoms with E-state index in [9.17, 15) is 13.2 Å². The third kappa shape index (κ3) is 4.79. The smallest absolute Gasteiger partial charge is 0.384 e. The molecule has 0 aromatic carbocycles. The molecule has 4 rings (SSSR count). The average Bonchev–Trinajstić information content (AvgIpc) is 2.73. The van der Waals surface area contributed by atoms with Crippen LogP contribution in [0.15, 0.2) is 12.3 Å². The molecule has 12 heteroatoms. The minimum Gasteiger partial charge on any atom is -0.384 e. The van der Waals surface area contributed by atoms with E-state index in [0.29, 0.717) is 51.3 Å². The predicted octanol–water partition coefficient (Wildman–Crippen LogP) is 1.98. The molecule has 0 spiro atoms. The standard InChI is InChI=1S/C19H24F3N7O2/c1-11-9-29(10-12(2)31-11)18-26-16(25-17(27-18)28-3-5-30-6-4-28)13-8-24-15(23)7-14(13)19(20,21)22/h7-8,11-12H,3-6,9-10H2,1-2H3,(H2,23,24).